The van der Waals surface area contributed by atoms with Crippen LogP contribution in [0.25, 0.3) is 0 Å². The zero-order valence-electron chi connectivity index (χ0n) is 12.8. The van der Waals surface area contributed by atoms with Crippen molar-refractivity contribution in [1.82, 2.24) is 9.80 Å². The minimum Gasteiger partial charge on any atom is -0.459 e. The van der Waals surface area contributed by atoms with Gasteiger partial charge in [-0.15, -0.1) is 0 Å². The van der Waals surface area contributed by atoms with Crippen LogP contribution >= 0.6 is 0 Å². The molecule has 1 aromatic rings. The van der Waals surface area contributed by atoms with Gasteiger partial charge in [-0.05, 0) is 31.0 Å². The molecule has 0 aromatic heterocycles. The lowest BCUT2D eigenvalue weighted by Gasteiger charge is -2.34. The van der Waals surface area contributed by atoms with Crippen molar-refractivity contribution in [3.8, 4) is 0 Å². The monoisotopic (exact) mass is 308 g/mol. The molecule has 1 saturated heterocycles. The maximum Gasteiger partial charge on any atom is 0.397 e. The molecule has 6 heteroatoms. The van der Waals surface area contributed by atoms with E-state index in [4.69, 9.17) is 4.74 Å². The van der Waals surface area contributed by atoms with Gasteiger partial charge in [0.15, 0.2) is 0 Å². The maximum atomic E-state index is 12.8. The predicted molar refractivity (Wildman–Crippen MR) is 79.8 cm³/mol. The van der Waals surface area contributed by atoms with Crippen molar-refractivity contribution in [3.05, 3.63) is 35.6 Å². The number of nitrogens with zero attached hydrogens (tertiary/aromatic N) is 2. The number of rotatable bonds is 4. The summed E-state index contributed by atoms with van der Waals surface area (Å²) < 4.78 is 17.6. The van der Waals surface area contributed by atoms with Crippen LogP contribution in [0.15, 0.2) is 24.3 Å². The van der Waals surface area contributed by atoms with Gasteiger partial charge in [-0.25, -0.2) is 9.18 Å². The summed E-state index contributed by atoms with van der Waals surface area (Å²) in [4.78, 5) is 27.0. The first-order valence-corrected chi connectivity index (χ1v) is 7.53. The molecule has 0 N–H and O–H groups in total. The molecule has 1 fully saturated rings. The molecule has 1 aromatic carbocycles. The molecule has 0 aliphatic carbocycles. The molecule has 1 aliphatic rings. The topological polar surface area (TPSA) is 49.9 Å². The first-order valence-electron chi connectivity index (χ1n) is 7.53. The molecule has 0 unspecified atom stereocenters. The average molecular weight is 308 g/mol. The van der Waals surface area contributed by atoms with Crippen molar-refractivity contribution < 1.29 is 18.7 Å². The summed E-state index contributed by atoms with van der Waals surface area (Å²) in [5, 5.41) is 0. The highest BCUT2D eigenvalue weighted by atomic mass is 19.1. The molecule has 0 spiro atoms. The SMILES string of the molecule is CCOC(=O)C(=O)N1CCN(CCc2ccc(F)cc2)CC1. The summed E-state index contributed by atoms with van der Waals surface area (Å²) in [7, 11) is 0. The van der Waals surface area contributed by atoms with E-state index in [0.29, 0.717) is 13.1 Å². The van der Waals surface area contributed by atoms with Crippen LogP contribution in [0, 0.1) is 5.82 Å². The number of benzene rings is 1. The summed E-state index contributed by atoms with van der Waals surface area (Å²) in [5.41, 5.74) is 1.09. The minimum atomic E-state index is -0.776. The van der Waals surface area contributed by atoms with Gasteiger partial charge in [-0.2, -0.15) is 0 Å². The quantitative estimate of drug-likeness (QED) is 0.617. The Labute approximate surface area is 129 Å². The molecular weight excluding hydrogens is 287 g/mol. The van der Waals surface area contributed by atoms with Gasteiger partial charge in [0.1, 0.15) is 5.82 Å². The van der Waals surface area contributed by atoms with E-state index in [2.05, 4.69) is 4.90 Å². The average Bonchev–Trinajstić information content (AvgIpc) is 2.54. The van der Waals surface area contributed by atoms with Crippen molar-refractivity contribution in [2.24, 2.45) is 0 Å². The number of hydrogen-bond acceptors (Lipinski definition) is 4. The first-order chi connectivity index (χ1) is 10.6. The fraction of sp³-hybridized carbons (Fsp3) is 0.500. The van der Waals surface area contributed by atoms with Crippen LogP contribution < -0.4 is 0 Å². The second kappa shape index (κ2) is 7.89. The third kappa shape index (κ3) is 4.53. The fourth-order valence-electron chi connectivity index (χ4n) is 2.43. The van der Waals surface area contributed by atoms with E-state index in [1.165, 1.54) is 17.0 Å². The Hall–Kier alpha value is -1.95. The largest absolute Gasteiger partial charge is 0.459 e. The minimum absolute atomic E-state index is 0.211. The Morgan fingerprint density at radius 3 is 2.36 bits per heavy atom. The molecule has 1 aliphatic heterocycles. The molecule has 0 atom stereocenters. The van der Waals surface area contributed by atoms with Gasteiger partial charge in [0.25, 0.3) is 0 Å². The van der Waals surface area contributed by atoms with Crippen LogP contribution in [0.4, 0.5) is 4.39 Å². The van der Waals surface area contributed by atoms with E-state index >= 15 is 0 Å². The molecule has 120 valence electrons. The highest BCUT2D eigenvalue weighted by molar-refractivity contribution is 6.32. The molecule has 1 heterocycles. The van der Waals surface area contributed by atoms with Crippen molar-refractivity contribution in [1.29, 1.82) is 0 Å². The highest BCUT2D eigenvalue weighted by Gasteiger charge is 2.26. The molecule has 1 amide bonds. The zero-order valence-corrected chi connectivity index (χ0v) is 12.8. The Kier molecular flexibility index (Phi) is 5.89. The Morgan fingerprint density at radius 1 is 1.14 bits per heavy atom. The van der Waals surface area contributed by atoms with Gasteiger partial charge in [-0.1, -0.05) is 12.1 Å². The number of piperazine rings is 1. The van der Waals surface area contributed by atoms with Crippen LogP contribution in [-0.2, 0) is 20.7 Å². The Balaban J connectivity index is 1.74. The molecule has 5 nitrogen and oxygen atoms in total. The van der Waals surface area contributed by atoms with E-state index in [1.807, 2.05) is 0 Å². The summed E-state index contributed by atoms with van der Waals surface area (Å²) in [6.45, 7) is 5.26. The summed E-state index contributed by atoms with van der Waals surface area (Å²) in [6.07, 6.45) is 0.839. The summed E-state index contributed by atoms with van der Waals surface area (Å²) in [5.74, 6) is -1.56. The van der Waals surface area contributed by atoms with Crippen LogP contribution in [-0.4, -0.2) is 61.0 Å². The summed E-state index contributed by atoms with van der Waals surface area (Å²) in [6, 6.07) is 6.50. The van der Waals surface area contributed by atoms with Crippen molar-refractivity contribution >= 4 is 11.9 Å². The molecule has 0 radical (unpaired) electrons. The van der Waals surface area contributed by atoms with Crippen LogP contribution in [0.3, 0.4) is 0 Å². The van der Waals surface area contributed by atoms with Crippen LogP contribution in [0.1, 0.15) is 12.5 Å². The maximum absolute atomic E-state index is 12.8. The number of carbonyl (C=O) groups is 2. The highest BCUT2D eigenvalue weighted by Crippen LogP contribution is 2.07. The normalized spacial score (nSPS) is 15.6. The lowest BCUT2D eigenvalue weighted by Crippen LogP contribution is -2.51. The molecule has 2 rings (SSSR count). The summed E-state index contributed by atoms with van der Waals surface area (Å²) >= 11 is 0. The third-order valence-electron chi connectivity index (χ3n) is 3.74. The van der Waals surface area contributed by atoms with Crippen LogP contribution in [0.5, 0.6) is 0 Å². The van der Waals surface area contributed by atoms with Crippen molar-refractivity contribution in [2.45, 2.75) is 13.3 Å². The second-order valence-electron chi connectivity index (χ2n) is 5.23. The van der Waals surface area contributed by atoms with Gasteiger partial charge >= 0.3 is 11.9 Å². The molecule has 0 saturated carbocycles. The fourth-order valence-corrected chi connectivity index (χ4v) is 2.43. The number of halogens is 1. The number of amides is 1. The molecule has 22 heavy (non-hydrogen) atoms. The van der Waals surface area contributed by atoms with E-state index in [9.17, 15) is 14.0 Å². The number of carbonyl (C=O) groups excluding carboxylic acids is 2. The Morgan fingerprint density at radius 2 is 1.77 bits per heavy atom. The second-order valence-corrected chi connectivity index (χ2v) is 5.23. The van der Waals surface area contributed by atoms with E-state index < -0.39 is 11.9 Å². The molecule has 0 bridgehead atoms. The van der Waals surface area contributed by atoms with Gasteiger partial charge in [-0.3, -0.25) is 9.69 Å². The van der Waals surface area contributed by atoms with Gasteiger partial charge < -0.3 is 9.64 Å². The smallest absolute Gasteiger partial charge is 0.397 e. The van der Waals surface area contributed by atoms with Crippen molar-refractivity contribution in [3.63, 3.8) is 0 Å². The van der Waals surface area contributed by atoms with Gasteiger partial charge in [0.2, 0.25) is 0 Å². The number of ether oxygens (including phenoxy) is 1. The van der Waals surface area contributed by atoms with E-state index in [0.717, 1.165) is 31.6 Å². The third-order valence-corrected chi connectivity index (χ3v) is 3.74. The molecular formula is C16H21FN2O3. The first kappa shape index (κ1) is 16.4. The van der Waals surface area contributed by atoms with Gasteiger partial charge in [0.05, 0.1) is 6.61 Å². The number of hydrogen-bond donors (Lipinski definition) is 0. The van der Waals surface area contributed by atoms with Gasteiger partial charge in [0, 0.05) is 32.7 Å². The Bertz CT molecular complexity index is 511. The standard InChI is InChI=1S/C16H21FN2O3/c1-2-22-16(21)15(20)19-11-9-18(10-12-19)8-7-13-3-5-14(17)6-4-13/h3-6H,2,7-12H2,1H3. The van der Waals surface area contributed by atoms with E-state index in [-0.39, 0.29) is 12.4 Å². The number of esters is 1. The van der Waals surface area contributed by atoms with Crippen LogP contribution in [0.2, 0.25) is 0 Å². The van der Waals surface area contributed by atoms with E-state index in [1.54, 1.807) is 19.1 Å². The lowest BCUT2D eigenvalue weighted by atomic mass is 10.1. The zero-order chi connectivity index (χ0) is 15.9. The van der Waals surface area contributed by atoms with Crippen molar-refractivity contribution in [2.75, 3.05) is 39.3 Å². The lowest BCUT2D eigenvalue weighted by molar-refractivity contribution is -0.160. The predicted octanol–water partition coefficient (Wildman–Crippen LogP) is 1.08.